The standard InChI is InChI=1S/C20H14Cl2N4O4S/c1-23-31(29,30)19-16(20(27)28)18-24-10-14(13-4-2-3-5-15(13)22)17(26(18)25-19)11-6-8-12(21)9-7-11/h2-10,23H,1H3,(H,27,28). The molecule has 8 nitrogen and oxygen atoms in total. The van der Waals surface area contributed by atoms with Gasteiger partial charge in [-0.15, -0.1) is 0 Å². The zero-order valence-corrected chi connectivity index (χ0v) is 18.2. The second-order valence-electron chi connectivity index (χ2n) is 6.44. The summed E-state index contributed by atoms with van der Waals surface area (Å²) in [4.78, 5) is 16.2. The van der Waals surface area contributed by atoms with Crippen molar-refractivity contribution in [1.29, 1.82) is 0 Å². The van der Waals surface area contributed by atoms with Crippen molar-refractivity contribution in [3.63, 3.8) is 0 Å². The number of hydrogen-bond donors (Lipinski definition) is 2. The Hall–Kier alpha value is -2.98. The lowest BCUT2D eigenvalue weighted by Crippen LogP contribution is -2.21. The van der Waals surface area contributed by atoms with Crippen LogP contribution >= 0.6 is 23.2 Å². The van der Waals surface area contributed by atoms with E-state index < -0.39 is 26.6 Å². The van der Waals surface area contributed by atoms with E-state index >= 15 is 0 Å². The Morgan fingerprint density at radius 1 is 1.06 bits per heavy atom. The molecule has 0 bridgehead atoms. The van der Waals surface area contributed by atoms with Crippen LogP contribution in [0.1, 0.15) is 10.4 Å². The van der Waals surface area contributed by atoms with Gasteiger partial charge in [-0.25, -0.2) is 27.4 Å². The molecule has 4 aromatic rings. The molecule has 2 N–H and O–H groups in total. The maximum atomic E-state index is 12.5. The van der Waals surface area contributed by atoms with Gasteiger partial charge in [0.2, 0.25) is 5.03 Å². The molecule has 0 radical (unpaired) electrons. The second-order valence-corrected chi connectivity index (χ2v) is 9.08. The highest BCUT2D eigenvalue weighted by molar-refractivity contribution is 7.89. The molecule has 2 aromatic carbocycles. The molecule has 0 aliphatic carbocycles. The summed E-state index contributed by atoms with van der Waals surface area (Å²) in [6.45, 7) is 0. The van der Waals surface area contributed by atoms with Gasteiger partial charge in [-0.05, 0) is 25.2 Å². The first-order chi connectivity index (χ1) is 14.7. The number of aromatic carboxylic acids is 1. The number of carboxylic acids is 1. The van der Waals surface area contributed by atoms with Gasteiger partial charge in [0, 0.05) is 32.9 Å². The highest BCUT2D eigenvalue weighted by Gasteiger charge is 2.31. The van der Waals surface area contributed by atoms with Gasteiger partial charge < -0.3 is 5.11 Å². The number of nitrogens with zero attached hydrogens (tertiary/aromatic N) is 3. The van der Waals surface area contributed by atoms with E-state index in [1.165, 1.54) is 17.8 Å². The number of halogens is 2. The van der Waals surface area contributed by atoms with Crippen LogP contribution in [0.4, 0.5) is 0 Å². The SMILES string of the molecule is CNS(=O)(=O)c1nn2c(-c3ccc(Cl)cc3)c(-c3ccccc3Cl)cnc2c1C(=O)O. The number of carbonyl (C=O) groups is 1. The zero-order chi connectivity index (χ0) is 22.3. The zero-order valence-electron chi connectivity index (χ0n) is 15.9. The van der Waals surface area contributed by atoms with Crippen molar-refractivity contribution in [3.05, 3.63) is 70.3 Å². The lowest BCUT2D eigenvalue weighted by molar-refractivity contribution is 0.0694. The predicted molar refractivity (Wildman–Crippen MR) is 117 cm³/mol. The largest absolute Gasteiger partial charge is 0.477 e. The Morgan fingerprint density at radius 2 is 1.74 bits per heavy atom. The highest BCUT2D eigenvalue weighted by Crippen LogP contribution is 2.37. The fourth-order valence-corrected chi connectivity index (χ4v) is 4.39. The average Bonchev–Trinajstić information content (AvgIpc) is 3.15. The minimum Gasteiger partial charge on any atom is -0.477 e. The molecule has 0 amide bonds. The van der Waals surface area contributed by atoms with E-state index in [0.717, 1.165) is 0 Å². The Morgan fingerprint density at radius 3 is 2.35 bits per heavy atom. The van der Waals surface area contributed by atoms with Crippen molar-refractivity contribution in [2.45, 2.75) is 5.03 Å². The summed E-state index contributed by atoms with van der Waals surface area (Å²) < 4.78 is 28.3. The topological polar surface area (TPSA) is 114 Å². The Bertz CT molecular complexity index is 1430. The van der Waals surface area contributed by atoms with Crippen molar-refractivity contribution in [3.8, 4) is 22.4 Å². The first-order valence-electron chi connectivity index (χ1n) is 8.84. The van der Waals surface area contributed by atoms with Crippen molar-refractivity contribution in [2.75, 3.05) is 7.05 Å². The monoisotopic (exact) mass is 476 g/mol. The summed E-state index contributed by atoms with van der Waals surface area (Å²) in [5.74, 6) is -1.47. The number of carboxylic acid groups (broad SMARTS) is 1. The number of nitrogens with one attached hydrogen (secondary N) is 1. The molecule has 0 spiro atoms. The molecule has 2 heterocycles. The highest BCUT2D eigenvalue weighted by atomic mass is 35.5. The molecule has 0 saturated carbocycles. The summed E-state index contributed by atoms with van der Waals surface area (Å²) in [5.41, 5.74) is 1.52. The van der Waals surface area contributed by atoms with Crippen LogP contribution in [0.2, 0.25) is 10.0 Å². The van der Waals surface area contributed by atoms with E-state index in [-0.39, 0.29) is 5.65 Å². The quantitative estimate of drug-likeness (QED) is 0.450. The molecule has 0 aliphatic heterocycles. The van der Waals surface area contributed by atoms with Crippen molar-refractivity contribution >= 4 is 44.8 Å². The van der Waals surface area contributed by atoms with Crippen molar-refractivity contribution in [1.82, 2.24) is 19.3 Å². The minimum absolute atomic E-state index is 0.123. The third-order valence-corrected chi connectivity index (χ3v) is 6.54. The molecule has 0 saturated heterocycles. The molecule has 0 atom stereocenters. The average molecular weight is 477 g/mol. The molecular formula is C20H14Cl2N4O4S. The normalized spacial score (nSPS) is 11.7. The molecule has 0 aliphatic rings. The van der Waals surface area contributed by atoms with Crippen LogP contribution in [-0.4, -0.2) is 41.1 Å². The predicted octanol–water partition coefficient (Wildman–Crippen LogP) is 3.98. The fourth-order valence-electron chi connectivity index (χ4n) is 3.20. The first kappa shape index (κ1) is 21.3. The maximum absolute atomic E-state index is 12.5. The Labute approximate surface area is 187 Å². The van der Waals surface area contributed by atoms with Crippen LogP contribution in [0.3, 0.4) is 0 Å². The van der Waals surface area contributed by atoms with Crippen molar-refractivity contribution in [2.24, 2.45) is 0 Å². The smallest absolute Gasteiger partial charge is 0.342 e. The van der Waals surface area contributed by atoms with Gasteiger partial charge in [0.25, 0.3) is 10.0 Å². The molecule has 0 fully saturated rings. The van der Waals surface area contributed by atoms with Gasteiger partial charge >= 0.3 is 5.97 Å². The van der Waals surface area contributed by atoms with E-state index in [4.69, 9.17) is 23.2 Å². The third-order valence-electron chi connectivity index (χ3n) is 4.63. The Kier molecular flexibility index (Phi) is 5.44. The molecule has 0 unspecified atom stereocenters. The van der Waals surface area contributed by atoms with Gasteiger partial charge in [-0.3, -0.25) is 0 Å². The van der Waals surface area contributed by atoms with E-state index in [9.17, 15) is 18.3 Å². The van der Waals surface area contributed by atoms with Gasteiger partial charge in [-0.2, -0.15) is 5.10 Å². The van der Waals surface area contributed by atoms with Gasteiger partial charge in [0.1, 0.15) is 5.56 Å². The van der Waals surface area contributed by atoms with Crippen LogP contribution in [0, 0.1) is 0 Å². The molecule has 31 heavy (non-hydrogen) atoms. The summed E-state index contributed by atoms with van der Waals surface area (Å²) >= 11 is 12.4. The summed E-state index contributed by atoms with van der Waals surface area (Å²) in [5, 5.41) is 14.2. The molecule has 4 rings (SSSR count). The number of rotatable bonds is 5. The van der Waals surface area contributed by atoms with Crippen LogP contribution in [0.25, 0.3) is 28.0 Å². The van der Waals surface area contributed by atoms with Crippen molar-refractivity contribution < 1.29 is 18.3 Å². The van der Waals surface area contributed by atoms with Crippen LogP contribution < -0.4 is 4.72 Å². The minimum atomic E-state index is -4.18. The number of sulfonamides is 1. The molecular weight excluding hydrogens is 463 g/mol. The van der Waals surface area contributed by atoms with E-state index in [1.807, 2.05) is 0 Å². The molecule has 2 aromatic heterocycles. The van der Waals surface area contributed by atoms with Crippen LogP contribution in [-0.2, 0) is 10.0 Å². The van der Waals surface area contributed by atoms with E-state index in [2.05, 4.69) is 14.8 Å². The number of fused-ring (bicyclic) bond motifs is 1. The van der Waals surface area contributed by atoms with Gasteiger partial charge in [0.15, 0.2) is 5.65 Å². The van der Waals surface area contributed by atoms with Gasteiger partial charge in [-0.1, -0.05) is 53.5 Å². The number of hydrogen-bond acceptors (Lipinski definition) is 5. The van der Waals surface area contributed by atoms with Gasteiger partial charge in [0.05, 0.1) is 5.69 Å². The van der Waals surface area contributed by atoms with Crippen LogP contribution in [0.5, 0.6) is 0 Å². The number of benzene rings is 2. The lowest BCUT2D eigenvalue weighted by atomic mass is 10.0. The van der Waals surface area contributed by atoms with E-state index in [0.29, 0.717) is 32.4 Å². The third kappa shape index (κ3) is 3.66. The van der Waals surface area contributed by atoms with E-state index in [1.54, 1.807) is 48.5 Å². The maximum Gasteiger partial charge on any atom is 0.342 e. The Balaban J connectivity index is 2.18. The molecule has 11 heteroatoms. The number of aromatic nitrogens is 3. The first-order valence-corrected chi connectivity index (χ1v) is 11.1. The summed E-state index contributed by atoms with van der Waals surface area (Å²) in [6, 6.07) is 13.8. The fraction of sp³-hybridized carbons (Fsp3) is 0.0500. The molecule has 158 valence electrons. The van der Waals surface area contributed by atoms with Crippen LogP contribution in [0.15, 0.2) is 59.8 Å². The summed E-state index contributed by atoms with van der Waals surface area (Å²) in [7, 11) is -3.00. The second kappa shape index (κ2) is 7.93. The summed E-state index contributed by atoms with van der Waals surface area (Å²) in [6.07, 6.45) is 1.45. The lowest BCUT2D eigenvalue weighted by Gasteiger charge is -2.13.